The van der Waals surface area contributed by atoms with Gasteiger partial charge in [0.05, 0.1) is 25.2 Å². The van der Waals surface area contributed by atoms with Crippen molar-refractivity contribution in [3.05, 3.63) is 60.4 Å². The maximum absolute atomic E-state index is 12.5. The van der Waals surface area contributed by atoms with Crippen LogP contribution in [0.5, 0.6) is 5.75 Å². The highest BCUT2D eigenvalue weighted by Gasteiger charge is 2.10. The van der Waals surface area contributed by atoms with Gasteiger partial charge in [0.25, 0.3) is 5.91 Å². The molecule has 1 heterocycles. The highest BCUT2D eigenvalue weighted by molar-refractivity contribution is 6.09. The zero-order chi connectivity index (χ0) is 17.6. The Morgan fingerprint density at radius 1 is 1.08 bits per heavy atom. The highest BCUT2D eigenvalue weighted by Crippen LogP contribution is 2.22. The van der Waals surface area contributed by atoms with Gasteiger partial charge >= 0.3 is 5.97 Å². The Morgan fingerprint density at radius 3 is 2.72 bits per heavy atom. The van der Waals surface area contributed by atoms with Crippen molar-refractivity contribution in [1.82, 2.24) is 10.2 Å². The number of aromatic nitrogens is 2. The number of rotatable bonds is 5. The van der Waals surface area contributed by atoms with E-state index in [1.54, 1.807) is 42.7 Å². The van der Waals surface area contributed by atoms with E-state index in [0.717, 1.165) is 10.8 Å². The second-order valence-electron chi connectivity index (χ2n) is 5.14. The second kappa shape index (κ2) is 7.39. The zero-order valence-corrected chi connectivity index (χ0v) is 13.4. The van der Waals surface area contributed by atoms with Crippen molar-refractivity contribution < 1.29 is 19.1 Å². The van der Waals surface area contributed by atoms with E-state index in [2.05, 4.69) is 20.3 Å². The van der Waals surface area contributed by atoms with Gasteiger partial charge in [-0.15, -0.1) is 0 Å². The zero-order valence-electron chi connectivity index (χ0n) is 13.4. The van der Waals surface area contributed by atoms with Gasteiger partial charge in [-0.05, 0) is 24.3 Å². The Bertz CT molecular complexity index is 922. The Kier molecular flexibility index (Phi) is 4.84. The third kappa shape index (κ3) is 3.89. The molecule has 1 amide bonds. The molecule has 1 N–H and O–H groups in total. The van der Waals surface area contributed by atoms with Gasteiger partial charge in [0.2, 0.25) is 0 Å². The first kappa shape index (κ1) is 16.4. The van der Waals surface area contributed by atoms with E-state index in [1.165, 1.54) is 7.11 Å². The molecule has 25 heavy (non-hydrogen) atoms. The number of hydrogen-bond acceptors (Lipinski definition) is 6. The van der Waals surface area contributed by atoms with Gasteiger partial charge in [-0.2, -0.15) is 10.2 Å². The number of fused-ring (bicyclic) bond motifs is 1. The average molecular weight is 337 g/mol. The van der Waals surface area contributed by atoms with Gasteiger partial charge in [0.1, 0.15) is 5.75 Å². The number of nitrogens with one attached hydrogen (secondary N) is 1. The summed E-state index contributed by atoms with van der Waals surface area (Å²) in [6.45, 7) is -0.219. The summed E-state index contributed by atoms with van der Waals surface area (Å²) in [5, 5.41) is 12.2. The van der Waals surface area contributed by atoms with Crippen LogP contribution < -0.4 is 10.1 Å². The fourth-order valence-electron chi connectivity index (χ4n) is 2.26. The van der Waals surface area contributed by atoms with Crippen LogP contribution >= 0.6 is 0 Å². The molecular weight excluding hydrogens is 322 g/mol. The maximum Gasteiger partial charge on any atom is 0.343 e. The first-order valence-corrected chi connectivity index (χ1v) is 7.48. The van der Waals surface area contributed by atoms with Crippen molar-refractivity contribution in [2.45, 2.75) is 0 Å². The molecule has 1 aromatic heterocycles. The minimum absolute atomic E-state index is 0.219. The summed E-state index contributed by atoms with van der Waals surface area (Å²) in [5.41, 5.74) is 1.04. The largest absolute Gasteiger partial charge is 0.482 e. The second-order valence-corrected chi connectivity index (χ2v) is 5.14. The van der Waals surface area contributed by atoms with Crippen molar-refractivity contribution in [3.8, 4) is 5.75 Å². The van der Waals surface area contributed by atoms with Crippen LogP contribution in [0.25, 0.3) is 10.8 Å². The summed E-state index contributed by atoms with van der Waals surface area (Å²) < 4.78 is 9.81. The normalized spacial score (nSPS) is 10.3. The molecule has 0 aliphatic rings. The third-order valence-electron chi connectivity index (χ3n) is 3.52. The third-order valence-corrected chi connectivity index (χ3v) is 3.52. The molecule has 0 saturated carbocycles. The van der Waals surface area contributed by atoms with Crippen molar-refractivity contribution >= 4 is 28.3 Å². The Labute approximate surface area is 143 Å². The quantitative estimate of drug-likeness (QED) is 0.719. The molecule has 2 aromatic carbocycles. The predicted octanol–water partition coefficient (Wildman–Crippen LogP) is 2.43. The molecule has 0 spiro atoms. The number of carbonyl (C=O) groups excluding carboxylic acids is 2. The van der Waals surface area contributed by atoms with E-state index in [1.807, 2.05) is 12.1 Å². The predicted molar refractivity (Wildman–Crippen MR) is 91.4 cm³/mol. The molecule has 126 valence electrons. The van der Waals surface area contributed by atoms with E-state index in [4.69, 9.17) is 4.74 Å². The lowest BCUT2D eigenvalue weighted by molar-refractivity contribution is -0.142. The maximum atomic E-state index is 12.5. The molecule has 0 bridgehead atoms. The van der Waals surface area contributed by atoms with Gasteiger partial charge < -0.3 is 14.8 Å². The summed E-state index contributed by atoms with van der Waals surface area (Å²) in [7, 11) is 1.28. The van der Waals surface area contributed by atoms with Crippen LogP contribution in [0.15, 0.2) is 54.9 Å². The standard InChI is InChI=1S/C18H15N3O4/c1-24-17(22)11-25-14-6-2-4-12(8-14)18(23)21-16-7-3-5-13-9-19-20-10-15(13)16/h2-10H,11H2,1H3,(H,21,23). The van der Waals surface area contributed by atoms with E-state index in [0.29, 0.717) is 17.0 Å². The van der Waals surface area contributed by atoms with Crippen LogP contribution in [0.2, 0.25) is 0 Å². The molecule has 0 aliphatic heterocycles. The fourth-order valence-corrected chi connectivity index (χ4v) is 2.26. The molecule has 0 unspecified atom stereocenters. The van der Waals surface area contributed by atoms with Crippen molar-refractivity contribution in [3.63, 3.8) is 0 Å². The fraction of sp³-hybridized carbons (Fsp3) is 0.111. The van der Waals surface area contributed by atoms with E-state index in [-0.39, 0.29) is 12.5 Å². The Hall–Kier alpha value is -3.48. The van der Waals surface area contributed by atoms with E-state index in [9.17, 15) is 9.59 Å². The Balaban J connectivity index is 1.78. The first-order chi connectivity index (χ1) is 12.2. The summed E-state index contributed by atoms with van der Waals surface area (Å²) in [4.78, 5) is 23.6. The number of esters is 1. The molecule has 0 saturated heterocycles. The lowest BCUT2D eigenvalue weighted by atomic mass is 10.1. The van der Waals surface area contributed by atoms with Crippen LogP contribution in [-0.4, -0.2) is 35.8 Å². The minimum atomic E-state index is -0.494. The minimum Gasteiger partial charge on any atom is -0.482 e. The molecule has 7 nitrogen and oxygen atoms in total. The summed E-state index contributed by atoms with van der Waals surface area (Å²) in [6, 6.07) is 12.1. The van der Waals surface area contributed by atoms with Gasteiger partial charge in [-0.3, -0.25) is 4.79 Å². The van der Waals surface area contributed by atoms with Crippen LogP contribution in [0, 0.1) is 0 Å². The summed E-state index contributed by atoms with van der Waals surface area (Å²) >= 11 is 0. The van der Waals surface area contributed by atoms with Gasteiger partial charge in [-0.25, -0.2) is 4.79 Å². The number of hydrogen-bond donors (Lipinski definition) is 1. The van der Waals surface area contributed by atoms with Crippen molar-refractivity contribution in [1.29, 1.82) is 0 Å². The summed E-state index contributed by atoms with van der Waals surface area (Å²) in [6.07, 6.45) is 3.23. The number of benzene rings is 2. The van der Waals surface area contributed by atoms with Crippen LogP contribution in [0.3, 0.4) is 0 Å². The van der Waals surface area contributed by atoms with Crippen LogP contribution in [-0.2, 0) is 9.53 Å². The number of methoxy groups -OCH3 is 1. The van der Waals surface area contributed by atoms with Gasteiger partial charge in [-0.1, -0.05) is 18.2 Å². The highest BCUT2D eigenvalue weighted by atomic mass is 16.6. The molecule has 0 fully saturated rings. The molecular formula is C18H15N3O4. The van der Waals surface area contributed by atoms with Gasteiger partial charge in [0, 0.05) is 16.3 Å². The molecule has 0 atom stereocenters. The molecule has 3 rings (SSSR count). The van der Waals surface area contributed by atoms with E-state index >= 15 is 0 Å². The van der Waals surface area contributed by atoms with Crippen molar-refractivity contribution in [2.24, 2.45) is 0 Å². The lowest BCUT2D eigenvalue weighted by Crippen LogP contribution is -2.14. The number of nitrogens with zero attached hydrogens (tertiary/aromatic N) is 2. The SMILES string of the molecule is COC(=O)COc1cccc(C(=O)Nc2cccc3cnncc23)c1. The monoisotopic (exact) mass is 337 g/mol. The number of amides is 1. The average Bonchev–Trinajstić information content (AvgIpc) is 2.66. The van der Waals surface area contributed by atoms with Crippen LogP contribution in [0.1, 0.15) is 10.4 Å². The first-order valence-electron chi connectivity index (χ1n) is 7.48. The smallest absolute Gasteiger partial charge is 0.343 e. The Morgan fingerprint density at radius 2 is 1.88 bits per heavy atom. The van der Waals surface area contributed by atoms with Gasteiger partial charge in [0.15, 0.2) is 6.61 Å². The molecule has 0 radical (unpaired) electrons. The number of ether oxygens (including phenoxy) is 2. The van der Waals surface area contributed by atoms with E-state index < -0.39 is 5.97 Å². The number of anilines is 1. The topological polar surface area (TPSA) is 90.4 Å². The molecule has 3 aromatic rings. The number of carbonyl (C=O) groups is 2. The molecule has 7 heteroatoms. The van der Waals surface area contributed by atoms with Crippen LogP contribution in [0.4, 0.5) is 5.69 Å². The lowest BCUT2D eigenvalue weighted by Gasteiger charge is -2.09. The van der Waals surface area contributed by atoms with Crippen molar-refractivity contribution in [2.75, 3.05) is 19.0 Å². The summed E-state index contributed by atoms with van der Waals surface area (Å²) in [5.74, 6) is -0.388. The molecule has 0 aliphatic carbocycles.